The van der Waals surface area contributed by atoms with Gasteiger partial charge in [0.2, 0.25) is 11.9 Å². The average molecular weight is 713 g/mol. The number of hydrogen-bond acceptors (Lipinski definition) is 12. The van der Waals surface area contributed by atoms with Crippen molar-refractivity contribution in [1.29, 1.82) is 0 Å². The first-order chi connectivity index (χ1) is 25.2. The molecular formula is C36H48N12O4. The molecule has 0 saturated heterocycles. The number of carbonyl (C=O) groups excluding carboxylic acids is 1. The number of carboxylic acids is 1. The summed E-state index contributed by atoms with van der Waals surface area (Å²) in [6, 6.07) is 4.04. The Kier molecular flexibility index (Phi) is 12.9. The minimum Gasteiger partial charge on any atom is -0.480 e. The lowest BCUT2D eigenvalue weighted by molar-refractivity contribution is -0.144. The van der Waals surface area contributed by atoms with Gasteiger partial charge in [-0.25, -0.2) is 9.97 Å². The number of anilines is 3. The molecule has 0 aliphatic carbocycles. The van der Waals surface area contributed by atoms with Gasteiger partial charge in [-0.1, -0.05) is 53.4 Å². The largest absolute Gasteiger partial charge is 0.480 e. The number of rotatable bonds is 20. The molecule has 0 aromatic carbocycles. The van der Waals surface area contributed by atoms with Gasteiger partial charge in [0.25, 0.3) is 0 Å². The Morgan fingerprint density at radius 3 is 2.42 bits per heavy atom. The molecule has 0 unspecified atom stereocenters. The summed E-state index contributed by atoms with van der Waals surface area (Å²) < 4.78 is 11.5. The summed E-state index contributed by atoms with van der Waals surface area (Å²) >= 11 is 0. The van der Waals surface area contributed by atoms with Crippen LogP contribution in [0.5, 0.6) is 0 Å². The highest BCUT2D eigenvalue weighted by Gasteiger charge is 2.17. The first kappa shape index (κ1) is 37.5. The zero-order valence-electron chi connectivity index (χ0n) is 30.2. The lowest BCUT2D eigenvalue weighted by atomic mass is 10.0. The van der Waals surface area contributed by atoms with Crippen LogP contribution in [0.4, 0.5) is 17.6 Å². The number of nitrogens with zero attached hydrogens (tertiary/aromatic N) is 9. The summed E-state index contributed by atoms with van der Waals surface area (Å²) in [5.74, 6) is 0.284. The predicted octanol–water partition coefficient (Wildman–Crippen LogP) is 5.14. The standard InChI is InChI=1S/C36H48N12O4/c1-5-24(6-2)20-46-11-9-26-15-39-36(44-33(26)46)43-29-18-41-47(22-29)23-32(51)52-12-10-30-13-27-16-40-35(42-28(14-37)17-38-19-31(49)50)45-34(27)48(30)21-25(7-3)8-4/h9,11,13-18,22,24-25H,5-8,10,12,19-21,23,37H2,1-4H3,(H,49,50)(H,39,43,44)(H,40,42,45). The number of aliphatic imine (C=N–C) groups is 1. The molecule has 0 aliphatic heterocycles. The van der Waals surface area contributed by atoms with Gasteiger partial charge in [-0.05, 0) is 24.0 Å². The maximum atomic E-state index is 12.9. The zero-order valence-corrected chi connectivity index (χ0v) is 30.2. The van der Waals surface area contributed by atoms with Crippen molar-refractivity contribution >= 4 is 57.8 Å². The van der Waals surface area contributed by atoms with Crippen molar-refractivity contribution in [2.45, 2.75) is 79.4 Å². The number of hydrogen-bond donors (Lipinski definition) is 4. The van der Waals surface area contributed by atoms with E-state index < -0.39 is 11.9 Å². The van der Waals surface area contributed by atoms with E-state index >= 15 is 0 Å². The molecule has 52 heavy (non-hydrogen) atoms. The van der Waals surface area contributed by atoms with Gasteiger partial charge in [-0.3, -0.25) is 19.3 Å². The summed E-state index contributed by atoms with van der Waals surface area (Å²) in [4.78, 5) is 45.9. The summed E-state index contributed by atoms with van der Waals surface area (Å²) in [6.45, 7) is 10.1. The van der Waals surface area contributed by atoms with Crippen molar-refractivity contribution in [3.8, 4) is 0 Å². The summed E-state index contributed by atoms with van der Waals surface area (Å²) in [7, 11) is 0. The lowest BCUT2D eigenvalue weighted by Gasteiger charge is -2.17. The third kappa shape index (κ3) is 9.70. The highest BCUT2D eigenvalue weighted by Crippen LogP contribution is 2.24. The van der Waals surface area contributed by atoms with Crippen LogP contribution in [0.25, 0.3) is 22.1 Å². The van der Waals surface area contributed by atoms with E-state index in [-0.39, 0.29) is 19.7 Å². The number of aromatic nitrogens is 8. The molecule has 276 valence electrons. The van der Waals surface area contributed by atoms with Crippen LogP contribution in [0.15, 0.2) is 60.0 Å². The van der Waals surface area contributed by atoms with Gasteiger partial charge in [0.15, 0.2) is 0 Å². The highest BCUT2D eigenvalue weighted by atomic mass is 16.5. The number of ether oxygens (including phenoxy) is 1. The van der Waals surface area contributed by atoms with Crippen LogP contribution in [-0.2, 0) is 40.4 Å². The van der Waals surface area contributed by atoms with Crippen LogP contribution in [0.2, 0.25) is 0 Å². The number of carbonyl (C=O) groups is 2. The number of fused-ring (bicyclic) bond motifs is 2. The summed E-state index contributed by atoms with van der Waals surface area (Å²) in [5, 5.41) is 21.2. The Hall–Kier alpha value is -5.80. The highest BCUT2D eigenvalue weighted by molar-refractivity contribution is 5.85. The van der Waals surface area contributed by atoms with Crippen molar-refractivity contribution in [1.82, 2.24) is 38.9 Å². The maximum absolute atomic E-state index is 12.9. The van der Waals surface area contributed by atoms with Crippen molar-refractivity contribution in [3.05, 3.63) is 60.7 Å². The van der Waals surface area contributed by atoms with Gasteiger partial charge in [-0.15, -0.1) is 0 Å². The molecule has 5 heterocycles. The molecule has 5 aromatic rings. The van der Waals surface area contributed by atoms with Gasteiger partial charge in [0.1, 0.15) is 24.4 Å². The number of nitrogens with one attached hydrogen (secondary N) is 2. The Morgan fingerprint density at radius 2 is 1.69 bits per heavy atom. The van der Waals surface area contributed by atoms with Gasteiger partial charge in [-0.2, -0.15) is 15.1 Å². The number of esters is 1. The maximum Gasteiger partial charge on any atom is 0.327 e. The van der Waals surface area contributed by atoms with Gasteiger partial charge < -0.3 is 35.3 Å². The molecule has 0 atom stereocenters. The Bertz CT molecular complexity index is 2020. The summed E-state index contributed by atoms with van der Waals surface area (Å²) in [5.41, 5.74) is 9.29. The van der Waals surface area contributed by atoms with E-state index in [0.29, 0.717) is 41.5 Å². The van der Waals surface area contributed by atoms with Crippen molar-refractivity contribution in [3.63, 3.8) is 0 Å². The second-order valence-electron chi connectivity index (χ2n) is 12.7. The van der Waals surface area contributed by atoms with Crippen LogP contribution in [0, 0.1) is 11.8 Å². The van der Waals surface area contributed by atoms with Gasteiger partial charge >= 0.3 is 11.9 Å². The average Bonchev–Trinajstić information content (AvgIpc) is 3.85. The molecular weight excluding hydrogens is 664 g/mol. The predicted molar refractivity (Wildman–Crippen MR) is 200 cm³/mol. The Balaban J connectivity index is 1.21. The number of aliphatic carboxylic acids is 1. The van der Waals surface area contributed by atoms with Crippen molar-refractivity contribution in [2.24, 2.45) is 22.6 Å². The molecule has 5 aromatic heterocycles. The fourth-order valence-corrected chi connectivity index (χ4v) is 5.93. The molecule has 0 bridgehead atoms. The van der Waals surface area contributed by atoms with Crippen LogP contribution in [-0.4, -0.2) is 75.3 Å². The molecule has 0 fully saturated rings. The zero-order chi connectivity index (χ0) is 37.0. The first-order valence-corrected chi connectivity index (χ1v) is 17.8. The molecule has 0 amide bonds. The minimum atomic E-state index is -1.05. The fraction of sp³-hybridized carbons (Fsp3) is 0.444. The van der Waals surface area contributed by atoms with E-state index in [1.54, 1.807) is 24.8 Å². The van der Waals surface area contributed by atoms with Crippen LogP contribution in [0.1, 0.15) is 59.1 Å². The lowest BCUT2D eigenvalue weighted by Crippen LogP contribution is -2.17. The molecule has 0 spiro atoms. The first-order valence-electron chi connectivity index (χ1n) is 17.8. The third-order valence-corrected chi connectivity index (χ3v) is 9.12. The monoisotopic (exact) mass is 712 g/mol. The van der Waals surface area contributed by atoms with Crippen LogP contribution < -0.4 is 16.4 Å². The van der Waals surface area contributed by atoms with Gasteiger partial charge in [0, 0.05) is 73.2 Å². The minimum absolute atomic E-state index is 0.0517. The third-order valence-electron chi connectivity index (χ3n) is 9.12. The molecule has 5 rings (SSSR count). The SMILES string of the molecule is CCC(CC)Cn1ccc2cnc(Nc3cnn(CC(=O)OCCc4cc5cnc(NC(C=NCC(=O)O)=CN)nc5n4CC(CC)CC)c3)nc21. The second kappa shape index (κ2) is 17.9. The van der Waals surface area contributed by atoms with Crippen LogP contribution in [0.3, 0.4) is 0 Å². The second-order valence-corrected chi connectivity index (χ2v) is 12.7. The Morgan fingerprint density at radius 1 is 0.981 bits per heavy atom. The number of allylic oxidation sites excluding steroid dienone is 1. The van der Waals surface area contributed by atoms with Crippen molar-refractivity contribution in [2.75, 3.05) is 23.8 Å². The normalized spacial score (nSPS) is 12.2. The van der Waals surface area contributed by atoms with E-state index in [1.807, 2.05) is 12.1 Å². The van der Waals surface area contributed by atoms with E-state index in [0.717, 1.165) is 66.5 Å². The molecule has 16 heteroatoms. The quantitative estimate of drug-likeness (QED) is 0.0612. The van der Waals surface area contributed by atoms with E-state index in [9.17, 15) is 9.59 Å². The van der Waals surface area contributed by atoms with Crippen molar-refractivity contribution < 1.29 is 19.4 Å². The molecule has 0 radical (unpaired) electrons. The smallest absolute Gasteiger partial charge is 0.327 e. The number of nitrogens with two attached hydrogens (primary N) is 1. The topological polar surface area (TPSA) is 205 Å². The molecule has 5 N–H and O–H groups in total. The molecule has 0 saturated carbocycles. The van der Waals surface area contributed by atoms with E-state index in [4.69, 9.17) is 25.5 Å². The fourth-order valence-electron chi connectivity index (χ4n) is 5.93. The molecule has 16 nitrogen and oxygen atoms in total. The Labute approximate surface area is 302 Å². The molecule has 0 aliphatic rings. The van der Waals surface area contributed by atoms with E-state index in [2.05, 4.69) is 73.7 Å². The van der Waals surface area contributed by atoms with Gasteiger partial charge in [0.05, 0.1) is 24.2 Å². The summed E-state index contributed by atoms with van der Waals surface area (Å²) in [6.07, 6.45) is 16.2. The number of carboxylic acid groups (broad SMARTS) is 1. The van der Waals surface area contributed by atoms with Crippen LogP contribution >= 0.6 is 0 Å². The van der Waals surface area contributed by atoms with E-state index in [1.165, 1.54) is 17.1 Å².